The van der Waals surface area contributed by atoms with Gasteiger partial charge in [0, 0.05) is 30.1 Å². The van der Waals surface area contributed by atoms with Gasteiger partial charge >= 0.3 is 0 Å². The second kappa shape index (κ2) is 9.17. The Morgan fingerprint density at radius 3 is 2.41 bits per heavy atom. The molecule has 186 valence electrons. The summed E-state index contributed by atoms with van der Waals surface area (Å²) in [5, 5.41) is 0. The van der Waals surface area contributed by atoms with Gasteiger partial charge in [0.15, 0.2) is 5.78 Å². The minimum absolute atomic E-state index is 0.0846. The molecule has 6 aliphatic carbocycles. The highest BCUT2D eigenvalue weighted by Gasteiger charge is 2.61. The standard InChI is InChI=1S/C31H44O3/c1-30-18-17-28-26(27(30)14-15-29(30)34-25-10-6-3-7-11-25)13-12-22-20-23(32)16-19-31(22,28)21-33-24-8-4-2-5-9-24/h8,10,20,26-29H,2-7,9,11-19,21H2,1H3/t26-,27-,28+,29?,30-,31+/m0/s1. The summed E-state index contributed by atoms with van der Waals surface area (Å²) in [6.07, 6.45) is 26.0. The van der Waals surface area contributed by atoms with Gasteiger partial charge < -0.3 is 9.47 Å². The molecule has 0 heterocycles. The van der Waals surface area contributed by atoms with Crippen molar-refractivity contribution in [3.63, 3.8) is 0 Å². The van der Waals surface area contributed by atoms with Crippen LogP contribution in [0.5, 0.6) is 0 Å². The molecule has 0 aromatic carbocycles. The van der Waals surface area contributed by atoms with E-state index in [1.165, 1.54) is 81.3 Å². The van der Waals surface area contributed by atoms with Crippen LogP contribution in [0.4, 0.5) is 0 Å². The number of hydrogen-bond acceptors (Lipinski definition) is 3. The molecule has 6 rings (SSSR count). The Morgan fingerprint density at radius 1 is 0.853 bits per heavy atom. The molecule has 3 nitrogen and oxygen atoms in total. The van der Waals surface area contributed by atoms with E-state index in [1.807, 2.05) is 6.08 Å². The van der Waals surface area contributed by atoms with E-state index < -0.39 is 0 Å². The summed E-state index contributed by atoms with van der Waals surface area (Å²) in [5.41, 5.74) is 1.82. The Kier molecular flexibility index (Phi) is 6.18. The van der Waals surface area contributed by atoms with E-state index in [-0.39, 0.29) is 5.41 Å². The van der Waals surface area contributed by atoms with Gasteiger partial charge in [0.25, 0.3) is 0 Å². The molecule has 0 bridgehead atoms. The Hall–Kier alpha value is -1.51. The topological polar surface area (TPSA) is 35.5 Å². The average Bonchev–Trinajstić information content (AvgIpc) is 3.20. The zero-order valence-electron chi connectivity index (χ0n) is 21.3. The molecule has 0 aliphatic heterocycles. The maximum atomic E-state index is 12.4. The number of carbonyl (C=O) groups excluding carboxylic acids is 1. The van der Waals surface area contributed by atoms with E-state index in [4.69, 9.17) is 9.47 Å². The lowest BCUT2D eigenvalue weighted by molar-refractivity contribution is -0.121. The largest absolute Gasteiger partial charge is 0.497 e. The lowest BCUT2D eigenvalue weighted by Gasteiger charge is -2.58. The van der Waals surface area contributed by atoms with Crippen LogP contribution < -0.4 is 0 Å². The van der Waals surface area contributed by atoms with Crippen LogP contribution in [-0.2, 0) is 14.3 Å². The van der Waals surface area contributed by atoms with E-state index in [0.717, 1.165) is 50.5 Å². The van der Waals surface area contributed by atoms with Crippen molar-refractivity contribution in [2.75, 3.05) is 6.61 Å². The van der Waals surface area contributed by atoms with Gasteiger partial charge in [-0.15, -0.1) is 0 Å². The van der Waals surface area contributed by atoms with Crippen molar-refractivity contribution in [3.8, 4) is 0 Å². The Labute approximate surface area is 206 Å². The predicted molar refractivity (Wildman–Crippen MR) is 135 cm³/mol. The highest BCUT2D eigenvalue weighted by molar-refractivity contribution is 5.91. The molecule has 3 saturated carbocycles. The van der Waals surface area contributed by atoms with E-state index in [9.17, 15) is 4.79 Å². The van der Waals surface area contributed by atoms with Gasteiger partial charge in [0.05, 0.1) is 18.1 Å². The maximum Gasteiger partial charge on any atom is 0.155 e. The molecule has 0 N–H and O–H groups in total. The monoisotopic (exact) mass is 464 g/mol. The molecule has 0 spiro atoms. The fourth-order valence-electron chi connectivity index (χ4n) is 9.04. The molecule has 34 heavy (non-hydrogen) atoms. The van der Waals surface area contributed by atoms with Crippen molar-refractivity contribution in [2.45, 2.75) is 116 Å². The lowest BCUT2D eigenvalue weighted by Crippen LogP contribution is -2.54. The van der Waals surface area contributed by atoms with Crippen LogP contribution in [0.15, 0.2) is 35.3 Å². The number of hydrogen-bond donors (Lipinski definition) is 0. The second-order valence-electron chi connectivity index (χ2n) is 12.6. The summed E-state index contributed by atoms with van der Waals surface area (Å²) in [4.78, 5) is 12.4. The predicted octanol–water partition coefficient (Wildman–Crippen LogP) is 7.82. The minimum Gasteiger partial charge on any atom is -0.497 e. The van der Waals surface area contributed by atoms with Gasteiger partial charge in [-0.1, -0.05) is 12.5 Å². The molecule has 6 aliphatic rings. The average molecular weight is 465 g/mol. The van der Waals surface area contributed by atoms with Crippen molar-refractivity contribution in [1.82, 2.24) is 0 Å². The number of carbonyl (C=O) groups is 1. The van der Waals surface area contributed by atoms with Gasteiger partial charge in [-0.2, -0.15) is 0 Å². The van der Waals surface area contributed by atoms with Crippen LogP contribution in [0.3, 0.4) is 0 Å². The molecule has 6 atom stereocenters. The Balaban J connectivity index is 1.24. The highest BCUT2D eigenvalue weighted by Crippen LogP contribution is 2.66. The molecular weight excluding hydrogens is 420 g/mol. The van der Waals surface area contributed by atoms with E-state index in [2.05, 4.69) is 19.1 Å². The van der Waals surface area contributed by atoms with Gasteiger partial charge in [-0.05, 0) is 119 Å². The van der Waals surface area contributed by atoms with Crippen molar-refractivity contribution < 1.29 is 14.3 Å². The zero-order chi connectivity index (χ0) is 23.2. The van der Waals surface area contributed by atoms with Crippen LogP contribution >= 0.6 is 0 Å². The lowest BCUT2D eigenvalue weighted by atomic mass is 9.47. The molecule has 0 saturated heterocycles. The normalized spacial score (nSPS) is 41.9. The summed E-state index contributed by atoms with van der Waals surface area (Å²) >= 11 is 0. The van der Waals surface area contributed by atoms with Crippen LogP contribution in [0.1, 0.15) is 110 Å². The zero-order valence-corrected chi connectivity index (χ0v) is 21.3. The summed E-state index contributed by atoms with van der Waals surface area (Å²) in [6, 6.07) is 0. The second-order valence-corrected chi connectivity index (χ2v) is 12.6. The minimum atomic E-state index is 0.0846. The van der Waals surface area contributed by atoms with E-state index >= 15 is 0 Å². The molecule has 3 heteroatoms. The number of rotatable bonds is 5. The van der Waals surface area contributed by atoms with Gasteiger partial charge in [0.2, 0.25) is 0 Å². The summed E-state index contributed by atoms with van der Waals surface area (Å²) < 4.78 is 13.4. The summed E-state index contributed by atoms with van der Waals surface area (Å²) in [7, 11) is 0. The molecule has 1 unspecified atom stereocenters. The fourth-order valence-corrected chi connectivity index (χ4v) is 9.04. The van der Waals surface area contributed by atoms with Crippen molar-refractivity contribution in [3.05, 3.63) is 35.3 Å². The molecule has 0 amide bonds. The first kappa shape index (κ1) is 22.9. The first-order chi connectivity index (χ1) is 16.6. The van der Waals surface area contributed by atoms with Crippen LogP contribution in [0.2, 0.25) is 0 Å². The Morgan fingerprint density at radius 2 is 1.65 bits per heavy atom. The van der Waals surface area contributed by atoms with Crippen LogP contribution in [0.25, 0.3) is 0 Å². The number of ketones is 1. The third-order valence-corrected chi connectivity index (χ3v) is 10.9. The number of ether oxygens (including phenoxy) is 2. The van der Waals surface area contributed by atoms with Gasteiger partial charge in [-0.25, -0.2) is 0 Å². The van der Waals surface area contributed by atoms with Crippen LogP contribution in [0, 0.1) is 28.6 Å². The highest BCUT2D eigenvalue weighted by atomic mass is 16.5. The number of allylic oxidation sites excluding steroid dienone is 4. The molecular formula is C31H44O3. The molecule has 0 aromatic rings. The van der Waals surface area contributed by atoms with Crippen molar-refractivity contribution in [2.24, 2.45) is 28.6 Å². The van der Waals surface area contributed by atoms with Crippen molar-refractivity contribution in [1.29, 1.82) is 0 Å². The number of fused-ring (bicyclic) bond motifs is 5. The van der Waals surface area contributed by atoms with Crippen molar-refractivity contribution >= 4 is 5.78 Å². The molecule has 3 fully saturated rings. The van der Waals surface area contributed by atoms with Gasteiger partial charge in [-0.3, -0.25) is 4.79 Å². The van der Waals surface area contributed by atoms with Gasteiger partial charge in [0.1, 0.15) is 6.10 Å². The van der Waals surface area contributed by atoms with E-state index in [0.29, 0.717) is 29.6 Å². The van der Waals surface area contributed by atoms with Crippen LogP contribution in [-0.4, -0.2) is 18.5 Å². The fraction of sp³-hybridized carbons (Fsp3) is 0.774. The smallest absolute Gasteiger partial charge is 0.155 e. The quantitative estimate of drug-likeness (QED) is 0.416. The first-order valence-electron chi connectivity index (χ1n) is 14.5. The van der Waals surface area contributed by atoms with E-state index in [1.54, 1.807) is 0 Å². The SMILES string of the molecule is C[C@]12CC[C@@H]3[C@@H](CCC4=CC(=O)CC[C@@]43COC3=CCCCC3)[C@@H]1CCC2OC1=CCCCC1. The third kappa shape index (κ3) is 3.90. The molecule has 0 aromatic heterocycles. The maximum absolute atomic E-state index is 12.4. The summed E-state index contributed by atoms with van der Waals surface area (Å²) in [5.74, 6) is 5.01. The first-order valence-corrected chi connectivity index (χ1v) is 14.5. The Bertz CT molecular complexity index is 896. The third-order valence-electron chi connectivity index (χ3n) is 10.9. The molecule has 0 radical (unpaired) electrons. The summed E-state index contributed by atoms with van der Waals surface area (Å²) in [6.45, 7) is 3.36.